The van der Waals surface area contributed by atoms with Crippen molar-refractivity contribution in [2.75, 3.05) is 6.61 Å². The minimum atomic E-state index is -1.24. The van der Waals surface area contributed by atoms with Gasteiger partial charge in [0.2, 0.25) is 0 Å². The summed E-state index contributed by atoms with van der Waals surface area (Å²) < 4.78 is 5.04. The smallest absolute Gasteiger partial charge is 0.546 e. The molecule has 0 unspecified atom stereocenters. The Morgan fingerprint density at radius 3 is 1.58 bits per heavy atom. The van der Waals surface area contributed by atoms with Crippen LogP contribution in [0, 0.1) is 6.20 Å². The molecule has 8 nitrogen and oxygen atoms in total. The molecule has 3 aliphatic rings. The van der Waals surface area contributed by atoms with Gasteiger partial charge in [-0.15, -0.1) is 0 Å². The number of aliphatic imine (C=N–C) groups is 1. The maximum absolute atomic E-state index is 10.3. The van der Waals surface area contributed by atoms with Crippen molar-refractivity contribution in [1.29, 1.82) is 0 Å². The van der Waals surface area contributed by atoms with E-state index < -0.39 is 12.6 Å². The second-order valence-electron chi connectivity index (χ2n) is 10.5. The molecule has 0 saturated heterocycles. The van der Waals surface area contributed by atoms with Crippen molar-refractivity contribution in [3.8, 4) is 5.75 Å². The van der Waals surface area contributed by atoms with Gasteiger partial charge in [-0.3, -0.25) is 0 Å². The van der Waals surface area contributed by atoms with E-state index in [9.17, 15) is 9.90 Å². The number of allylic oxidation sites excluding steroid dienone is 3. The molecule has 3 aliphatic heterocycles. The van der Waals surface area contributed by atoms with Crippen LogP contribution >= 0.6 is 0 Å². The third-order valence-electron chi connectivity index (χ3n) is 7.34. The molecular weight excluding hydrogens is 665 g/mol. The van der Waals surface area contributed by atoms with E-state index in [4.69, 9.17) is 4.74 Å². The summed E-state index contributed by atoms with van der Waals surface area (Å²) in [7, 11) is 0. The van der Waals surface area contributed by atoms with E-state index in [1.54, 1.807) is 12.1 Å². The molecule has 7 rings (SSSR count). The topological polar surface area (TPSA) is 119 Å². The number of aliphatic carboxylic acids is 1. The number of ether oxygens (including phenoxy) is 1. The molecule has 9 heteroatoms. The van der Waals surface area contributed by atoms with Crippen LogP contribution in [0.25, 0.3) is 46.4 Å². The second kappa shape index (κ2) is 13.8. The zero-order chi connectivity index (χ0) is 30.6. The molecule has 216 valence electrons. The second-order valence-corrected chi connectivity index (χ2v) is 10.5. The number of carbonyl (C=O) groups excluding carboxylic acids is 1. The van der Waals surface area contributed by atoms with Gasteiger partial charge in [-0.05, 0) is 111 Å². The molecule has 0 radical (unpaired) electrons. The van der Waals surface area contributed by atoms with Gasteiger partial charge in [0.05, 0.1) is 45.5 Å². The number of fused-ring (bicyclic) bond motifs is 8. The van der Waals surface area contributed by atoms with E-state index in [1.165, 1.54) is 5.57 Å². The van der Waals surface area contributed by atoms with E-state index in [1.807, 2.05) is 81.5 Å². The van der Waals surface area contributed by atoms with Crippen molar-refractivity contribution in [2.24, 2.45) is 4.99 Å². The molecule has 3 aromatic heterocycles. The summed E-state index contributed by atoms with van der Waals surface area (Å²) in [6, 6.07) is 23.5. The zero-order valence-electron chi connectivity index (χ0n) is 25.1. The van der Waals surface area contributed by atoms with Crippen molar-refractivity contribution >= 4 is 83.9 Å². The van der Waals surface area contributed by atoms with Gasteiger partial charge in [-0.25, -0.2) is 9.97 Å². The fourth-order valence-corrected chi connectivity index (χ4v) is 4.84. The molecule has 2 N–H and O–H groups in total. The molecule has 0 aliphatic carbocycles. The van der Waals surface area contributed by atoms with Gasteiger partial charge in [-0.2, -0.15) is 0 Å². The van der Waals surface area contributed by atoms with Crippen molar-refractivity contribution in [2.45, 2.75) is 20.8 Å². The molecule has 6 heterocycles. The first kappa shape index (κ1) is 31.4. The number of H-pyrrole nitrogens is 2. The van der Waals surface area contributed by atoms with Gasteiger partial charge in [0.25, 0.3) is 0 Å². The molecule has 1 aromatic carbocycles. The average Bonchev–Trinajstić information content (AvgIpc) is 3.82. The maximum atomic E-state index is 10.3. The number of hydrogen-bond donors (Lipinski definition) is 2. The Labute approximate surface area is 279 Å². The molecule has 0 spiro atoms. The minimum Gasteiger partial charge on any atom is -0.546 e. The van der Waals surface area contributed by atoms with Gasteiger partial charge < -0.3 is 24.6 Å². The Hall–Kier alpha value is -4.98. The number of aromatic amines is 2. The predicted octanol–water partition coefficient (Wildman–Crippen LogP) is 5.94. The van der Waals surface area contributed by atoms with E-state index >= 15 is 0 Å². The van der Waals surface area contributed by atoms with Gasteiger partial charge in [0.15, 0.2) is 11.9 Å². The summed E-state index contributed by atoms with van der Waals surface area (Å²) in [4.78, 5) is 30.7. The van der Waals surface area contributed by atoms with Crippen LogP contribution in [-0.2, 0) is 4.79 Å². The largest absolute Gasteiger partial charge is 3.00 e. The summed E-state index contributed by atoms with van der Waals surface area (Å²) in [5.41, 5.74) is 13.0. The molecule has 4 aromatic rings. The number of carboxylic acids is 1. The fraction of sp³-hybridized carbons (Fsp3) is 0.111. The first-order valence-corrected chi connectivity index (χ1v) is 14.1. The van der Waals surface area contributed by atoms with Crippen LogP contribution in [0.1, 0.15) is 49.1 Å². The Kier molecular flexibility index (Phi) is 9.62. The van der Waals surface area contributed by atoms with Crippen LogP contribution in [0.3, 0.4) is 0 Å². The number of benzene rings is 1. The first-order valence-electron chi connectivity index (χ1n) is 14.1. The van der Waals surface area contributed by atoms with Crippen LogP contribution in [-0.4, -0.2) is 64.1 Å². The number of rotatable bonds is 4. The quantitative estimate of drug-likeness (QED) is 0.222. The van der Waals surface area contributed by atoms with Gasteiger partial charge in [0, 0.05) is 29.0 Å². The van der Waals surface area contributed by atoms with Crippen LogP contribution in [0.5, 0.6) is 5.75 Å². The Balaban J connectivity index is 0.000000177. The van der Waals surface area contributed by atoms with Crippen molar-refractivity contribution in [3.63, 3.8) is 0 Å². The van der Waals surface area contributed by atoms with Gasteiger partial charge in [-0.1, -0.05) is 4.99 Å². The van der Waals surface area contributed by atoms with Crippen molar-refractivity contribution in [3.05, 3.63) is 124 Å². The SMILES string of the molecule is C1=Cc2cc3ccc(cc4nc(cc5ccc(cc1n2)[nH]5)C=C4)[nH]3.CC1=[C+]N=C(c2ccc(OCC(=O)[O-])cc2)C(C)=C1C.[In+3]. The maximum Gasteiger partial charge on any atom is 3.00 e. The molecule has 8 bridgehead atoms. The number of carbonyl (C=O) groups is 1. The van der Waals surface area contributed by atoms with Crippen LogP contribution < -0.4 is 9.84 Å². The summed E-state index contributed by atoms with van der Waals surface area (Å²) in [6.45, 7) is 5.60. The van der Waals surface area contributed by atoms with Gasteiger partial charge in [0.1, 0.15) is 17.9 Å². The zero-order valence-corrected chi connectivity index (χ0v) is 28.4. The summed E-state index contributed by atoms with van der Waals surface area (Å²) in [5, 5.41) is 10.3. The third-order valence-corrected chi connectivity index (χ3v) is 7.34. The van der Waals surface area contributed by atoms with E-state index in [2.05, 4.69) is 55.4 Å². The molecule has 0 saturated carbocycles. The number of hydrogen-bond acceptors (Lipinski definition) is 6. The predicted molar refractivity (Wildman–Crippen MR) is 179 cm³/mol. The first-order chi connectivity index (χ1) is 21.3. The Morgan fingerprint density at radius 1 is 0.711 bits per heavy atom. The molecular formula is C36H29InN5O3+3. The van der Waals surface area contributed by atoms with Crippen LogP contribution in [0.2, 0.25) is 0 Å². The van der Waals surface area contributed by atoms with Crippen LogP contribution in [0.15, 0.2) is 94.5 Å². The molecule has 45 heavy (non-hydrogen) atoms. The fourth-order valence-electron chi connectivity index (χ4n) is 4.84. The Bertz CT molecular complexity index is 1900. The van der Waals surface area contributed by atoms with Crippen LogP contribution in [0.4, 0.5) is 0 Å². The summed E-state index contributed by atoms with van der Waals surface area (Å²) >= 11 is 0. The number of nitrogens with one attached hydrogen (secondary N) is 2. The standard InChI is InChI=1S/C20H14N4.C16H15NO3.In/c1-2-14-10-16-5-6-18(23-16)12-20-8-7-19(24-20)11-17-4-3-15(22-17)9-13(1)21-14;1-10-8-17-16(12(3)11(10)2)13-4-6-14(7-5-13)20-9-15(18)19;/h1-12,21,24H;4-7H,9H2,1-3H3;/q;;+3. The summed E-state index contributed by atoms with van der Waals surface area (Å²) in [5.74, 6) is -0.751. The number of carboxylic acid groups (broad SMARTS) is 1. The van der Waals surface area contributed by atoms with E-state index in [0.717, 1.165) is 67.3 Å². The number of aromatic nitrogens is 4. The molecule has 0 fully saturated rings. The van der Waals surface area contributed by atoms with Crippen molar-refractivity contribution in [1.82, 2.24) is 19.9 Å². The number of nitrogens with zero attached hydrogens (tertiary/aromatic N) is 3. The van der Waals surface area contributed by atoms with Gasteiger partial charge >= 0.3 is 25.8 Å². The summed E-state index contributed by atoms with van der Waals surface area (Å²) in [6.07, 6.45) is 11.1. The van der Waals surface area contributed by atoms with Crippen molar-refractivity contribution < 1.29 is 14.6 Å². The molecule has 0 atom stereocenters. The monoisotopic (exact) mass is 694 g/mol. The minimum absolute atomic E-state index is 0. The van der Waals surface area contributed by atoms with E-state index in [0.29, 0.717) is 5.75 Å². The normalized spacial score (nSPS) is 13.1. The van der Waals surface area contributed by atoms with E-state index in [-0.39, 0.29) is 25.8 Å². The average molecular weight is 694 g/mol. The molecule has 0 amide bonds. The Morgan fingerprint density at radius 2 is 1.16 bits per heavy atom. The third kappa shape index (κ3) is 7.76.